The second-order valence-electron chi connectivity index (χ2n) is 4.86. The fourth-order valence-electron chi connectivity index (χ4n) is 2.27. The molecule has 0 aromatic heterocycles. The van der Waals surface area contributed by atoms with Gasteiger partial charge >= 0.3 is 0 Å². The van der Waals surface area contributed by atoms with Gasteiger partial charge in [0.1, 0.15) is 5.75 Å². The van der Waals surface area contributed by atoms with Gasteiger partial charge < -0.3 is 9.64 Å². The highest BCUT2D eigenvalue weighted by Crippen LogP contribution is 2.24. The van der Waals surface area contributed by atoms with Crippen molar-refractivity contribution in [3.05, 3.63) is 29.8 Å². The monoisotopic (exact) mass is 279 g/mol. The predicted molar refractivity (Wildman–Crippen MR) is 79.8 cm³/mol. The first-order chi connectivity index (χ1) is 9.20. The molecule has 2 rings (SSSR count). The molecule has 0 bridgehead atoms. The van der Waals surface area contributed by atoms with Gasteiger partial charge in [0.05, 0.1) is 12.4 Å². The Morgan fingerprint density at radius 3 is 3.00 bits per heavy atom. The number of amides is 1. The number of thioether (sulfide) groups is 1. The number of methoxy groups -OCH3 is 1. The lowest BCUT2D eigenvalue weighted by atomic mass is 10.1. The number of rotatable bonds is 6. The highest BCUT2D eigenvalue weighted by atomic mass is 32.2. The molecule has 0 saturated carbocycles. The molecule has 1 amide bonds. The lowest BCUT2D eigenvalue weighted by Crippen LogP contribution is -2.23. The molecule has 1 atom stereocenters. The Balaban J connectivity index is 1.70. The van der Waals surface area contributed by atoms with Crippen LogP contribution in [-0.4, -0.2) is 42.5 Å². The van der Waals surface area contributed by atoms with Crippen LogP contribution in [0.5, 0.6) is 5.75 Å². The van der Waals surface area contributed by atoms with Gasteiger partial charge in [0.2, 0.25) is 5.91 Å². The SMILES string of the molecule is COc1cccc(CCCS[C@H]2CCN(C)C2=O)c1. The first-order valence-corrected chi connectivity index (χ1v) is 7.75. The third-order valence-corrected chi connectivity index (χ3v) is 4.81. The number of carbonyl (C=O) groups excluding carboxylic acids is 1. The second-order valence-corrected chi connectivity index (χ2v) is 6.17. The van der Waals surface area contributed by atoms with E-state index in [0.717, 1.165) is 37.3 Å². The lowest BCUT2D eigenvalue weighted by molar-refractivity contribution is -0.126. The van der Waals surface area contributed by atoms with E-state index in [1.54, 1.807) is 18.9 Å². The summed E-state index contributed by atoms with van der Waals surface area (Å²) in [6.45, 7) is 0.909. The van der Waals surface area contributed by atoms with Crippen molar-refractivity contribution < 1.29 is 9.53 Å². The van der Waals surface area contributed by atoms with Crippen molar-refractivity contribution in [3.8, 4) is 5.75 Å². The van der Waals surface area contributed by atoms with Crippen molar-refractivity contribution in [2.45, 2.75) is 24.5 Å². The quantitative estimate of drug-likeness (QED) is 0.750. The summed E-state index contributed by atoms with van der Waals surface area (Å²) in [7, 11) is 3.58. The topological polar surface area (TPSA) is 29.5 Å². The summed E-state index contributed by atoms with van der Waals surface area (Å²) in [5, 5.41) is 0.190. The van der Waals surface area contributed by atoms with E-state index in [1.807, 2.05) is 24.1 Å². The van der Waals surface area contributed by atoms with Crippen LogP contribution in [0.1, 0.15) is 18.4 Å². The maximum Gasteiger partial charge on any atom is 0.235 e. The smallest absolute Gasteiger partial charge is 0.235 e. The molecule has 0 spiro atoms. The Labute approximate surface area is 119 Å². The van der Waals surface area contributed by atoms with Crippen LogP contribution < -0.4 is 4.74 Å². The summed E-state index contributed by atoms with van der Waals surface area (Å²) in [4.78, 5) is 13.6. The standard InChI is InChI=1S/C15H21NO2S/c1-16-9-8-14(15(16)17)19-10-4-6-12-5-3-7-13(11-12)18-2/h3,5,7,11,14H,4,6,8-10H2,1-2H3/t14-/m0/s1. The zero-order chi connectivity index (χ0) is 13.7. The van der Waals surface area contributed by atoms with E-state index in [0.29, 0.717) is 5.91 Å². The summed E-state index contributed by atoms with van der Waals surface area (Å²) < 4.78 is 5.21. The van der Waals surface area contributed by atoms with Crippen molar-refractivity contribution in [2.24, 2.45) is 0 Å². The van der Waals surface area contributed by atoms with E-state index in [1.165, 1.54) is 5.56 Å². The molecule has 104 valence electrons. The highest BCUT2D eigenvalue weighted by molar-refractivity contribution is 8.00. The molecule has 1 aliphatic heterocycles. The molecule has 1 aromatic rings. The molecule has 19 heavy (non-hydrogen) atoms. The number of nitrogens with zero attached hydrogens (tertiary/aromatic N) is 1. The van der Waals surface area contributed by atoms with Gasteiger partial charge in [-0.2, -0.15) is 0 Å². The summed E-state index contributed by atoms with van der Waals surface area (Å²) in [6.07, 6.45) is 3.14. The average Bonchev–Trinajstić information content (AvgIpc) is 2.75. The Hall–Kier alpha value is -1.16. The molecule has 1 aromatic carbocycles. The minimum atomic E-state index is 0.190. The van der Waals surface area contributed by atoms with Crippen LogP contribution >= 0.6 is 11.8 Å². The zero-order valence-corrected chi connectivity index (χ0v) is 12.4. The van der Waals surface area contributed by atoms with Gasteiger partial charge in [-0.25, -0.2) is 0 Å². The highest BCUT2D eigenvalue weighted by Gasteiger charge is 2.28. The Bertz CT molecular complexity index is 436. The van der Waals surface area contributed by atoms with Crippen LogP contribution in [-0.2, 0) is 11.2 Å². The van der Waals surface area contributed by atoms with E-state index in [-0.39, 0.29) is 5.25 Å². The summed E-state index contributed by atoms with van der Waals surface area (Å²) in [5.41, 5.74) is 1.30. The first-order valence-electron chi connectivity index (χ1n) is 6.70. The molecular weight excluding hydrogens is 258 g/mol. The Morgan fingerprint density at radius 2 is 2.32 bits per heavy atom. The van der Waals surface area contributed by atoms with Crippen LogP contribution in [0.3, 0.4) is 0 Å². The lowest BCUT2D eigenvalue weighted by Gasteiger charge is -2.10. The minimum absolute atomic E-state index is 0.190. The third-order valence-electron chi connectivity index (χ3n) is 3.44. The van der Waals surface area contributed by atoms with Crippen molar-refractivity contribution in [1.29, 1.82) is 0 Å². The van der Waals surface area contributed by atoms with Crippen LogP contribution in [0.15, 0.2) is 24.3 Å². The molecular formula is C15H21NO2S. The molecule has 3 nitrogen and oxygen atoms in total. The van der Waals surface area contributed by atoms with Crippen LogP contribution in [0.25, 0.3) is 0 Å². The predicted octanol–water partition coefficient (Wildman–Crippen LogP) is 2.59. The fourth-order valence-corrected chi connectivity index (χ4v) is 3.46. The maximum atomic E-state index is 11.7. The largest absolute Gasteiger partial charge is 0.497 e. The number of aryl methyl sites for hydroxylation is 1. The van der Waals surface area contributed by atoms with E-state index < -0.39 is 0 Å². The van der Waals surface area contributed by atoms with Gasteiger partial charge in [-0.3, -0.25) is 4.79 Å². The van der Waals surface area contributed by atoms with Gasteiger partial charge in [0.25, 0.3) is 0 Å². The van der Waals surface area contributed by atoms with E-state index in [2.05, 4.69) is 12.1 Å². The second kappa shape index (κ2) is 6.85. The average molecular weight is 279 g/mol. The number of likely N-dealkylation sites (tertiary alicyclic amines) is 1. The fraction of sp³-hybridized carbons (Fsp3) is 0.533. The molecule has 1 saturated heterocycles. The summed E-state index contributed by atoms with van der Waals surface area (Å²) >= 11 is 1.80. The maximum absolute atomic E-state index is 11.7. The van der Waals surface area contributed by atoms with E-state index in [9.17, 15) is 4.79 Å². The third kappa shape index (κ3) is 3.90. The van der Waals surface area contributed by atoms with Crippen LogP contribution in [0.2, 0.25) is 0 Å². The van der Waals surface area contributed by atoms with Crippen LogP contribution in [0.4, 0.5) is 0 Å². The first kappa shape index (κ1) is 14.3. The van der Waals surface area contributed by atoms with E-state index in [4.69, 9.17) is 4.74 Å². The molecule has 0 radical (unpaired) electrons. The minimum Gasteiger partial charge on any atom is -0.497 e. The van der Waals surface area contributed by atoms with Crippen molar-refractivity contribution >= 4 is 17.7 Å². The number of ether oxygens (including phenoxy) is 1. The molecule has 0 unspecified atom stereocenters. The van der Waals surface area contributed by atoms with Gasteiger partial charge in [-0.15, -0.1) is 11.8 Å². The zero-order valence-electron chi connectivity index (χ0n) is 11.6. The number of benzene rings is 1. The van der Waals surface area contributed by atoms with Crippen molar-refractivity contribution in [1.82, 2.24) is 4.90 Å². The molecule has 4 heteroatoms. The molecule has 0 aliphatic carbocycles. The Kier molecular flexibility index (Phi) is 5.14. The molecule has 1 fully saturated rings. The molecule has 0 N–H and O–H groups in total. The van der Waals surface area contributed by atoms with Gasteiger partial charge in [0, 0.05) is 13.6 Å². The Morgan fingerprint density at radius 1 is 1.47 bits per heavy atom. The summed E-state index contributed by atoms with van der Waals surface area (Å²) in [6, 6.07) is 8.20. The molecule has 1 heterocycles. The number of hydrogen-bond acceptors (Lipinski definition) is 3. The van der Waals surface area contributed by atoms with Crippen molar-refractivity contribution in [2.75, 3.05) is 26.5 Å². The normalized spacial score (nSPS) is 18.9. The number of hydrogen-bond donors (Lipinski definition) is 0. The van der Waals surface area contributed by atoms with Crippen molar-refractivity contribution in [3.63, 3.8) is 0 Å². The van der Waals surface area contributed by atoms with Gasteiger partial charge in [-0.05, 0) is 42.7 Å². The van der Waals surface area contributed by atoms with Gasteiger partial charge in [-0.1, -0.05) is 12.1 Å². The van der Waals surface area contributed by atoms with Crippen LogP contribution in [0, 0.1) is 0 Å². The number of carbonyl (C=O) groups is 1. The van der Waals surface area contributed by atoms with E-state index >= 15 is 0 Å². The summed E-state index contributed by atoms with van der Waals surface area (Å²) in [5.74, 6) is 2.26. The van der Waals surface area contributed by atoms with Gasteiger partial charge in [0.15, 0.2) is 0 Å². The molecule has 1 aliphatic rings.